The molecule has 16 heavy (non-hydrogen) atoms. The molecule has 0 aromatic heterocycles. The van der Waals surface area contributed by atoms with E-state index >= 15 is 0 Å². The fourth-order valence-corrected chi connectivity index (χ4v) is 6.48. The molecule has 2 atom stereocenters. The summed E-state index contributed by atoms with van der Waals surface area (Å²) in [4.78, 5) is 0. The summed E-state index contributed by atoms with van der Waals surface area (Å²) in [7, 11) is 0.153. The van der Waals surface area contributed by atoms with E-state index in [1.54, 1.807) is 10.6 Å². The van der Waals surface area contributed by atoms with Gasteiger partial charge in [0.1, 0.15) is 0 Å². The lowest BCUT2D eigenvalue weighted by Gasteiger charge is -2.20. The van der Waals surface area contributed by atoms with Crippen LogP contribution >= 0.6 is 15.8 Å². The van der Waals surface area contributed by atoms with Crippen LogP contribution in [0.1, 0.15) is 26.7 Å². The van der Waals surface area contributed by atoms with Gasteiger partial charge in [-0.3, -0.25) is 0 Å². The Morgan fingerprint density at radius 2 is 1.19 bits per heavy atom. The van der Waals surface area contributed by atoms with Crippen LogP contribution in [0, 0.1) is 0 Å². The molecule has 0 heterocycles. The molecule has 1 aromatic carbocycles. The second kappa shape index (κ2) is 7.41. The lowest BCUT2D eigenvalue weighted by atomic mass is 10.4. The molecule has 0 aliphatic carbocycles. The summed E-state index contributed by atoms with van der Waals surface area (Å²) in [5.41, 5.74) is 0. The van der Waals surface area contributed by atoms with Crippen LogP contribution in [0.2, 0.25) is 0 Å². The highest BCUT2D eigenvalue weighted by molar-refractivity contribution is 7.71. The van der Waals surface area contributed by atoms with Crippen LogP contribution in [0.25, 0.3) is 0 Å². The first kappa shape index (κ1) is 14.1. The van der Waals surface area contributed by atoms with E-state index in [1.165, 1.54) is 25.2 Å². The van der Waals surface area contributed by atoms with E-state index < -0.39 is 0 Å². The largest absolute Gasteiger partial charge is 0.0778 e. The standard InChI is InChI=1S/C14H24P2/c1-5-11-15(3)13-9-7-8-10-14(13)16(4)12-6-2/h7-10H,5-6,11-12H2,1-4H3/t15-,16-/m0/s1. The third-order valence-corrected chi connectivity index (χ3v) is 7.66. The molecule has 0 bridgehead atoms. The molecule has 0 N–H and O–H groups in total. The molecule has 0 unspecified atom stereocenters. The van der Waals surface area contributed by atoms with E-state index in [1.807, 2.05) is 0 Å². The molecule has 0 spiro atoms. The van der Waals surface area contributed by atoms with Gasteiger partial charge in [0.2, 0.25) is 0 Å². The Kier molecular flexibility index (Phi) is 6.55. The zero-order valence-corrected chi connectivity index (χ0v) is 12.8. The lowest BCUT2D eigenvalue weighted by Crippen LogP contribution is -2.22. The van der Waals surface area contributed by atoms with Crippen LogP contribution in [-0.2, 0) is 0 Å². The first-order valence-electron chi connectivity index (χ1n) is 6.22. The van der Waals surface area contributed by atoms with E-state index in [-0.39, 0.29) is 15.8 Å². The molecule has 0 saturated carbocycles. The van der Waals surface area contributed by atoms with Gasteiger partial charge in [0.25, 0.3) is 0 Å². The smallest absolute Gasteiger partial charge is 0.0167 e. The van der Waals surface area contributed by atoms with E-state index in [0.717, 1.165) is 0 Å². The summed E-state index contributed by atoms with van der Waals surface area (Å²) in [6.07, 6.45) is 5.38. The number of hydrogen-bond donors (Lipinski definition) is 0. The number of rotatable bonds is 6. The van der Waals surface area contributed by atoms with Crippen LogP contribution in [0.3, 0.4) is 0 Å². The summed E-state index contributed by atoms with van der Waals surface area (Å²) < 4.78 is 0. The van der Waals surface area contributed by atoms with Gasteiger partial charge in [-0.15, -0.1) is 0 Å². The molecule has 0 aliphatic heterocycles. The first-order valence-corrected chi connectivity index (χ1v) is 10.2. The molecule has 0 radical (unpaired) electrons. The highest BCUT2D eigenvalue weighted by atomic mass is 31.1. The first-order chi connectivity index (χ1) is 7.70. The van der Waals surface area contributed by atoms with Gasteiger partial charge < -0.3 is 0 Å². The maximum absolute atomic E-state index is 2.44. The molecule has 0 nitrogen and oxygen atoms in total. The van der Waals surface area contributed by atoms with Crippen LogP contribution in [0.15, 0.2) is 24.3 Å². The SMILES string of the molecule is CCC[P@](C)c1ccccc1[P@@](C)CCC. The topological polar surface area (TPSA) is 0 Å². The van der Waals surface area contributed by atoms with Crippen molar-refractivity contribution in [2.75, 3.05) is 25.7 Å². The highest BCUT2D eigenvalue weighted by Gasteiger charge is 2.12. The third kappa shape index (κ3) is 3.83. The monoisotopic (exact) mass is 254 g/mol. The number of benzene rings is 1. The third-order valence-electron chi connectivity index (χ3n) is 2.82. The van der Waals surface area contributed by atoms with E-state index in [0.29, 0.717) is 0 Å². The second-order valence-electron chi connectivity index (χ2n) is 4.33. The van der Waals surface area contributed by atoms with Crippen molar-refractivity contribution in [2.24, 2.45) is 0 Å². The van der Waals surface area contributed by atoms with E-state index in [9.17, 15) is 0 Å². The predicted octanol–water partition coefficient (Wildman–Crippen LogP) is 3.98. The van der Waals surface area contributed by atoms with Crippen LogP contribution in [0.4, 0.5) is 0 Å². The molecule has 2 heteroatoms. The molecular weight excluding hydrogens is 230 g/mol. The molecule has 0 fully saturated rings. The fraction of sp³-hybridized carbons (Fsp3) is 0.571. The fourth-order valence-electron chi connectivity index (χ4n) is 2.02. The van der Waals surface area contributed by atoms with Crippen molar-refractivity contribution in [1.29, 1.82) is 0 Å². The molecule has 0 aliphatic rings. The van der Waals surface area contributed by atoms with Gasteiger partial charge in [-0.1, -0.05) is 66.8 Å². The van der Waals surface area contributed by atoms with Crippen molar-refractivity contribution >= 4 is 26.5 Å². The van der Waals surface area contributed by atoms with Crippen molar-refractivity contribution in [3.8, 4) is 0 Å². The average molecular weight is 254 g/mol. The van der Waals surface area contributed by atoms with Crippen LogP contribution in [-0.4, -0.2) is 25.7 Å². The Labute approximate surface area is 103 Å². The Morgan fingerprint density at radius 1 is 0.812 bits per heavy atom. The minimum atomic E-state index is 0.0765. The Balaban J connectivity index is 2.90. The molecule has 0 amide bonds. The summed E-state index contributed by atoms with van der Waals surface area (Å²) in [6, 6.07) is 9.15. The second-order valence-corrected chi connectivity index (χ2v) is 8.98. The van der Waals surface area contributed by atoms with E-state index in [4.69, 9.17) is 0 Å². The van der Waals surface area contributed by atoms with Crippen LogP contribution < -0.4 is 10.6 Å². The minimum absolute atomic E-state index is 0.0765. The summed E-state index contributed by atoms with van der Waals surface area (Å²) in [5, 5.41) is 3.34. The summed E-state index contributed by atoms with van der Waals surface area (Å²) in [6.45, 7) is 9.46. The molecule has 1 rings (SSSR count). The Hall–Kier alpha value is 0.0800. The predicted molar refractivity (Wildman–Crippen MR) is 81.7 cm³/mol. The molecular formula is C14H24P2. The van der Waals surface area contributed by atoms with Gasteiger partial charge >= 0.3 is 0 Å². The zero-order valence-electron chi connectivity index (χ0n) is 11.0. The molecule has 0 saturated heterocycles. The summed E-state index contributed by atoms with van der Waals surface area (Å²) in [5.74, 6) is 0. The average Bonchev–Trinajstić information content (AvgIpc) is 2.30. The van der Waals surface area contributed by atoms with Gasteiger partial charge in [-0.25, -0.2) is 0 Å². The number of hydrogen-bond acceptors (Lipinski definition) is 0. The van der Waals surface area contributed by atoms with Gasteiger partial charge in [0, 0.05) is 0 Å². The van der Waals surface area contributed by atoms with E-state index in [2.05, 4.69) is 51.4 Å². The Bertz CT molecular complexity index is 278. The van der Waals surface area contributed by atoms with Crippen molar-refractivity contribution in [2.45, 2.75) is 26.7 Å². The maximum Gasteiger partial charge on any atom is -0.0167 e. The van der Waals surface area contributed by atoms with Crippen molar-refractivity contribution in [3.63, 3.8) is 0 Å². The van der Waals surface area contributed by atoms with Crippen molar-refractivity contribution in [1.82, 2.24) is 0 Å². The highest BCUT2D eigenvalue weighted by Crippen LogP contribution is 2.36. The normalized spacial score (nSPS) is 14.8. The van der Waals surface area contributed by atoms with Gasteiger partial charge in [-0.05, 0) is 36.3 Å². The van der Waals surface area contributed by atoms with Crippen molar-refractivity contribution in [3.05, 3.63) is 24.3 Å². The van der Waals surface area contributed by atoms with Gasteiger partial charge in [0.05, 0.1) is 0 Å². The zero-order chi connectivity index (χ0) is 12.0. The van der Waals surface area contributed by atoms with Crippen LogP contribution in [0.5, 0.6) is 0 Å². The van der Waals surface area contributed by atoms with Gasteiger partial charge in [-0.2, -0.15) is 0 Å². The Morgan fingerprint density at radius 3 is 1.50 bits per heavy atom. The molecule has 90 valence electrons. The quantitative estimate of drug-likeness (QED) is 0.674. The maximum atomic E-state index is 2.44. The molecule has 1 aromatic rings. The van der Waals surface area contributed by atoms with Crippen molar-refractivity contribution < 1.29 is 0 Å². The minimum Gasteiger partial charge on any atom is -0.0778 e. The summed E-state index contributed by atoms with van der Waals surface area (Å²) >= 11 is 0. The lowest BCUT2D eigenvalue weighted by molar-refractivity contribution is 1.10. The van der Waals surface area contributed by atoms with Gasteiger partial charge in [0.15, 0.2) is 0 Å².